The lowest BCUT2D eigenvalue weighted by atomic mass is 9.84. The molecule has 10 heteroatoms. The Labute approximate surface area is 246 Å². The van der Waals surface area contributed by atoms with Crippen LogP contribution >= 0.6 is 11.8 Å². The highest BCUT2D eigenvalue weighted by atomic mass is 32.2. The standard InChI is InChI=1S/C31H35N3O5S2/c1-4-20-39-30(35)34-23-27(21-29(34)28(33-38-2)22-32-41(3,36)37)40-31(24-14-8-5-9-15-24,25-16-10-6-11-17-25)26-18-12-7-13-19-26/h4-19,27,29,32H,1,20-23H2,2-3H3/b33-28+/t27-,29-/m0/s1. The Morgan fingerprint density at radius 2 is 1.54 bits per heavy atom. The molecule has 1 aliphatic rings. The molecule has 0 saturated carbocycles. The fourth-order valence-electron chi connectivity index (χ4n) is 5.12. The van der Waals surface area contributed by atoms with Crippen molar-refractivity contribution in [3.05, 3.63) is 120 Å². The number of hydrogen-bond acceptors (Lipinski definition) is 7. The van der Waals surface area contributed by atoms with Gasteiger partial charge in [-0.3, -0.25) is 4.90 Å². The number of thioether (sulfide) groups is 1. The van der Waals surface area contributed by atoms with Crippen LogP contribution in [0.2, 0.25) is 0 Å². The van der Waals surface area contributed by atoms with Gasteiger partial charge in [-0.2, -0.15) is 0 Å². The van der Waals surface area contributed by atoms with Crippen LogP contribution in [0.5, 0.6) is 0 Å². The number of ether oxygens (including phenoxy) is 1. The summed E-state index contributed by atoms with van der Waals surface area (Å²) in [7, 11) is -2.11. The van der Waals surface area contributed by atoms with Crippen molar-refractivity contribution in [2.45, 2.75) is 22.5 Å². The number of amides is 1. The summed E-state index contributed by atoms with van der Waals surface area (Å²) in [4.78, 5) is 20.0. The summed E-state index contributed by atoms with van der Waals surface area (Å²) in [5.41, 5.74) is 3.71. The van der Waals surface area contributed by atoms with E-state index in [2.05, 4.69) is 52.9 Å². The number of carbonyl (C=O) groups is 1. The van der Waals surface area contributed by atoms with E-state index in [-0.39, 0.29) is 18.4 Å². The van der Waals surface area contributed by atoms with E-state index in [1.807, 2.05) is 54.6 Å². The molecule has 0 spiro atoms. The van der Waals surface area contributed by atoms with Crippen LogP contribution in [0.4, 0.5) is 4.79 Å². The zero-order valence-corrected chi connectivity index (χ0v) is 24.8. The fraction of sp³-hybridized carbons (Fsp3) is 0.290. The Morgan fingerprint density at radius 1 is 1.02 bits per heavy atom. The number of benzene rings is 3. The maximum atomic E-state index is 13.3. The van der Waals surface area contributed by atoms with Gasteiger partial charge in [0.25, 0.3) is 0 Å². The Bertz CT molecular complexity index is 1340. The molecule has 0 bridgehead atoms. The van der Waals surface area contributed by atoms with Crippen molar-refractivity contribution in [3.8, 4) is 0 Å². The number of carbonyl (C=O) groups excluding carboxylic acids is 1. The summed E-state index contributed by atoms with van der Waals surface area (Å²) < 4.78 is 31.1. The molecule has 41 heavy (non-hydrogen) atoms. The average Bonchev–Trinajstić information content (AvgIpc) is 3.41. The van der Waals surface area contributed by atoms with E-state index in [0.717, 1.165) is 22.9 Å². The number of hydrogen-bond donors (Lipinski definition) is 1. The van der Waals surface area contributed by atoms with Gasteiger partial charge in [-0.25, -0.2) is 17.9 Å². The molecule has 1 amide bonds. The number of sulfonamides is 1. The van der Waals surface area contributed by atoms with Crippen molar-refractivity contribution in [2.75, 3.05) is 33.1 Å². The summed E-state index contributed by atoms with van der Waals surface area (Å²) >= 11 is 1.76. The van der Waals surface area contributed by atoms with Gasteiger partial charge in [-0.1, -0.05) is 109 Å². The molecule has 1 aliphatic heterocycles. The molecule has 3 aromatic rings. The number of oxime groups is 1. The van der Waals surface area contributed by atoms with Crippen LogP contribution in [0.3, 0.4) is 0 Å². The first-order valence-electron chi connectivity index (χ1n) is 13.2. The van der Waals surface area contributed by atoms with E-state index in [1.54, 1.807) is 16.7 Å². The van der Waals surface area contributed by atoms with Gasteiger partial charge in [0.1, 0.15) is 13.7 Å². The van der Waals surface area contributed by atoms with Gasteiger partial charge in [0.15, 0.2) is 0 Å². The van der Waals surface area contributed by atoms with E-state index in [1.165, 1.54) is 13.2 Å². The SMILES string of the molecule is C=CCOC(=O)N1C[C@@H](SC(c2ccccc2)(c2ccccc2)c2ccccc2)C[C@H]1/C(CNS(C)(=O)=O)=N/OC. The van der Waals surface area contributed by atoms with Crippen LogP contribution in [0.1, 0.15) is 23.1 Å². The zero-order valence-electron chi connectivity index (χ0n) is 23.2. The largest absolute Gasteiger partial charge is 0.445 e. The molecule has 2 atom stereocenters. The van der Waals surface area contributed by atoms with Crippen LogP contribution in [0.25, 0.3) is 0 Å². The van der Waals surface area contributed by atoms with E-state index in [4.69, 9.17) is 9.57 Å². The minimum absolute atomic E-state index is 0.0557. The Hall–Kier alpha value is -3.60. The molecule has 1 N–H and O–H groups in total. The molecule has 0 aliphatic carbocycles. The second-order valence-electron chi connectivity index (χ2n) is 9.65. The highest BCUT2D eigenvalue weighted by Gasteiger charge is 2.46. The molecular formula is C31H35N3O5S2. The molecule has 0 unspecified atom stereocenters. The summed E-state index contributed by atoms with van der Waals surface area (Å²) in [6.45, 7) is 3.97. The van der Waals surface area contributed by atoms with Crippen molar-refractivity contribution >= 4 is 33.6 Å². The van der Waals surface area contributed by atoms with E-state index >= 15 is 0 Å². The lowest BCUT2D eigenvalue weighted by Gasteiger charge is -2.37. The highest BCUT2D eigenvalue weighted by molar-refractivity contribution is 8.01. The maximum absolute atomic E-state index is 13.3. The van der Waals surface area contributed by atoms with Crippen LogP contribution in [-0.4, -0.2) is 69.5 Å². The molecule has 0 radical (unpaired) electrons. The molecule has 1 heterocycles. The number of nitrogens with one attached hydrogen (secondary N) is 1. The molecule has 8 nitrogen and oxygen atoms in total. The minimum atomic E-state index is -3.51. The number of rotatable bonds is 12. The molecule has 4 rings (SSSR count). The third-order valence-corrected chi connectivity index (χ3v) is 9.22. The number of nitrogens with zero attached hydrogens (tertiary/aromatic N) is 2. The molecule has 1 saturated heterocycles. The van der Waals surface area contributed by atoms with Crippen molar-refractivity contribution in [1.82, 2.24) is 9.62 Å². The van der Waals surface area contributed by atoms with Gasteiger partial charge >= 0.3 is 6.09 Å². The predicted molar refractivity (Wildman–Crippen MR) is 165 cm³/mol. The third-order valence-electron chi connectivity index (χ3n) is 6.81. The van der Waals surface area contributed by atoms with Crippen LogP contribution in [0, 0.1) is 0 Å². The summed E-state index contributed by atoms with van der Waals surface area (Å²) in [6.07, 6.45) is 2.58. The van der Waals surface area contributed by atoms with Crippen molar-refractivity contribution < 1.29 is 22.8 Å². The van der Waals surface area contributed by atoms with Gasteiger partial charge in [-0.05, 0) is 23.1 Å². The van der Waals surface area contributed by atoms with Crippen LogP contribution in [0.15, 0.2) is 109 Å². The van der Waals surface area contributed by atoms with Gasteiger partial charge < -0.3 is 9.57 Å². The highest BCUT2D eigenvalue weighted by Crippen LogP contribution is 2.52. The average molecular weight is 594 g/mol. The van der Waals surface area contributed by atoms with Gasteiger partial charge in [-0.15, -0.1) is 11.8 Å². The van der Waals surface area contributed by atoms with E-state index in [0.29, 0.717) is 18.7 Å². The Balaban J connectivity index is 1.79. The third kappa shape index (κ3) is 7.38. The quantitative estimate of drug-likeness (QED) is 0.137. The number of likely N-dealkylation sites (tertiary alicyclic amines) is 1. The molecular weight excluding hydrogens is 558 g/mol. The molecule has 216 valence electrons. The summed E-state index contributed by atoms with van der Waals surface area (Å²) in [5.74, 6) is 0. The first-order chi connectivity index (χ1) is 19.8. The Kier molecular flexibility index (Phi) is 10.3. The van der Waals surface area contributed by atoms with E-state index < -0.39 is 26.9 Å². The second-order valence-corrected chi connectivity index (χ2v) is 13.0. The van der Waals surface area contributed by atoms with Crippen molar-refractivity contribution in [2.24, 2.45) is 5.16 Å². The maximum Gasteiger partial charge on any atom is 0.410 e. The van der Waals surface area contributed by atoms with Crippen molar-refractivity contribution in [1.29, 1.82) is 0 Å². The molecule has 0 aromatic heterocycles. The normalized spacial score (nSPS) is 17.7. The zero-order chi connectivity index (χ0) is 29.3. The van der Waals surface area contributed by atoms with Crippen LogP contribution < -0.4 is 4.72 Å². The molecule has 1 fully saturated rings. The van der Waals surface area contributed by atoms with Gasteiger partial charge in [0, 0.05) is 11.8 Å². The predicted octanol–water partition coefficient (Wildman–Crippen LogP) is 5.03. The lowest BCUT2D eigenvalue weighted by molar-refractivity contribution is 0.115. The molecule has 3 aromatic carbocycles. The van der Waals surface area contributed by atoms with Gasteiger partial charge in [0.05, 0.1) is 29.3 Å². The summed E-state index contributed by atoms with van der Waals surface area (Å²) in [5, 5.41) is 4.07. The second kappa shape index (κ2) is 13.8. The van der Waals surface area contributed by atoms with E-state index in [9.17, 15) is 13.2 Å². The lowest BCUT2D eigenvalue weighted by Crippen LogP contribution is -2.45. The first kappa shape index (κ1) is 30.4. The van der Waals surface area contributed by atoms with Crippen LogP contribution in [-0.2, 0) is 24.3 Å². The fourth-order valence-corrected chi connectivity index (χ4v) is 7.36. The monoisotopic (exact) mass is 593 g/mol. The smallest absolute Gasteiger partial charge is 0.410 e. The first-order valence-corrected chi connectivity index (χ1v) is 16.0. The van der Waals surface area contributed by atoms with Crippen molar-refractivity contribution in [3.63, 3.8) is 0 Å². The summed E-state index contributed by atoms with van der Waals surface area (Å²) in [6, 6.07) is 30.4. The Morgan fingerprint density at radius 3 is 1.98 bits per heavy atom. The van der Waals surface area contributed by atoms with Gasteiger partial charge in [0.2, 0.25) is 10.0 Å². The minimum Gasteiger partial charge on any atom is -0.445 e. The topological polar surface area (TPSA) is 97.3 Å².